The van der Waals surface area contributed by atoms with Crippen LogP contribution >= 0.6 is 0 Å². The molecule has 0 aromatic heterocycles. The van der Waals surface area contributed by atoms with E-state index in [1.807, 2.05) is 0 Å². The zero-order valence-electron chi connectivity index (χ0n) is 43.2. The quantitative estimate of drug-likeness (QED) is 0.0344. The van der Waals surface area contributed by atoms with Gasteiger partial charge in [-0.2, -0.15) is 0 Å². The maximum Gasteiger partial charge on any atom is 0.306 e. The van der Waals surface area contributed by atoms with Gasteiger partial charge in [-0.25, -0.2) is 0 Å². The lowest BCUT2D eigenvalue weighted by atomic mass is 9.99. The van der Waals surface area contributed by atoms with Gasteiger partial charge < -0.3 is 14.2 Å². The Morgan fingerprint density at radius 3 is 0.905 bits per heavy atom. The fourth-order valence-corrected chi connectivity index (χ4v) is 8.66. The predicted molar refractivity (Wildman–Crippen MR) is 270 cm³/mol. The molecule has 0 bridgehead atoms. The lowest BCUT2D eigenvalue weighted by molar-refractivity contribution is -0.167. The van der Waals surface area contributed by atoms with Crippen molar-refractivity contribution in [1.29, 1.82) is 0 Å². The van der Waals surface area contributed by atoms with Crippen LogP contribution in [0.1, 0.15) is 317 Å². The largest absolute Gasteiger partial charge is 0.462 e. The molecule has 0 N–H and O–H groups in total. The third-order valence-corrected chi connectivity index (χ3v) is 13.3. The van der Waals surface area contributed by atoms with E-state index in [-0.39, 0.29) is 31.1 Å². The van der Waals surface area contributed by atoms with E-state index in [0.29, 0.717) is 19.3 Å². The minimum Gasteiger partial charge on any atom is -0.462 e. The average molecular weight is 892 g/mol. The fourth-order valence-electron chi connectivity index (χ4n) is 8.66. The summed E-state index contributed by atoms with van der Waals surface area (Å²) < 4.78 is 16.8. The van der Waals surface area contributed by atoms with E-state index in [1.54, 1.807) is 0 Å². The molecule has 0 aliphatic carbocycles. The van der Waals surface area contributed by atoms with Gasteiger partial charge in [-0.15, -0.1) is 0 Å². The van der Waals surface area contributed by atoms with Gasteiger partial charge >= 0.3 is 17.9 Å². The molecule has 1 unspecified atom stereocenters. The highest BCUT2D eigenvalue weighted by Gasteiger charge is 2.19. The van der Waals surface area contributed by atoms with E-state index in [2.05, 4.69) is 34.6 Å². The first-order valence-electron chi connectivity index (χ1n) is 28.3. The molecule has 0 amide bonds. The smallest absolute Gasteiger partial charge is 0.306 e. The second-order valence-electron chi connectivity index (χ2n) is 20.3. The van der Waals surface area contributed by atoms with E-state index in [1.165, 1.54) is 205 Å². The van der Waals surface area contributed by atoms with E-state index in [0.717, 1.165) is 69.6 Å². The first kappa shape index (κ1) is 61.4. The van der Waals surface area contributed by atoms with Gasteiger partial charge in [0.05, 0.1) is 0 Å². The summed E-state index contributed by atoms with van der Waals surface area (Å²) in [5.74, 6) is 0.871. The molecule has 0 aliphatic rings. The van der Waals surface area contributed by atoms with E-state index in [4.69, 9.17) is 14.2 Å². The molecule has 2 atom stereocenters. The minimum absolute atomic E-state index is 0.0633. The second kappa shape index (κ2) is 49.8. The lowest BCUT2D eigenvalue weighted by Crippen LogP contribution is -2.30. The van der Waals surface area contributed by atoms with Crippen LogP contribution in [0.15, 0.2) is 0 Å². The van der Waals surface area contributed by atoms with Crippen LogP contribution in [-0.2, 0) is 28.6 Å². The average Bonchev–Trinajstić information content (AvgIpc) is 3.27. The Kier molecular flexibility index (Phi) is 48.6. The van der Waals surface area contributed by atoms with Crippen LogP contribution < -0.4 is 0 Å². The van der Waals surface area contributed by atoms with Gasteiger partial charge in [0.15, 0.2) is 6.10 Å². The van der Waals surface area contributed by atoms with Crippen molar-refractivity contribution in [3.8, 4) is 0 Å². The summed E-state index contributed by atoms with van der Waals surface area (Å²) in [5, 5.41) is 0. The van der Waals surface area contributed by atoms with Gasteiger partial charge in [0.1, 0.15) is 13.2 Å². The monoisotopic (exact) mass is 891 g/mol. The Balaban J connectivity index is 4.19. The molecule has 0 fully saturated rings. The molecular formula is C57H110O6. The summed E-state index contributed by atoms with van der Waals surface area (Å²) in [6.07, 6.45) is 52.4. The molecule has 0 aromatic rings. The number of hydrogen-bond donors (Lipinski definition) is 0. The molecule has 63 heavy (non-hydrogen) atoms. The summed E-state index contributed by atoms with van der Waals surface area (Å²) in [5.41, 5.74) is 0. The molecule has 0 saturated carbocycles. The van der Waals surface area contributed by atoms with Crippen molar-refractivity contribution < 1.29 is 28.6 Å². The molecule has 0 spiro atoms. The normalized spacial score (nSPS) is 12.5. The first-order chi connectivity index (χ1) is 30.8. The molecule has 0 aliphatic heterocycles. The van der Waals surface area contributed by atoms with Crippen molar-refractivity contribution in [3.63, 3.8) is 0 Å². The third-order valence-electron chi connectivity index (χ3n) is 13.3. The molecule has 0 heterocycles. The predicted octanol–water partition coefficient (Wildman–Crippen LogP) is 18.5. The number of unbranched alkanes of at least 4 members (excludes halogenated alkanes) is 35. The molecule has 0 aromatic carbocycles. The lowest BCUT2D eigenvalue weighted by Gasteiger charge is -2.18. The second-order valence-corrected chi connectivity index (χ2v) is 20.3. The van der Waals surface area contributed by atoms with Crippen LogP contribution in [0.2, 0.25) is 0 Å². The molecule has 6 heteroatoms. The molecule has 374 valence electrons. The minimum atomic E-state index is -0.762. The maximum atomic E-state index is 12.8. The van der Waals surface area contributed by atoms with Crippen LogP contribution in [0, 0.1) is 11.8 Å². The van der Waals surface area contributed by atoms with Gasteiger partial charge in [-0.1, -0.05) is 279 Å². The Morgan fingerprint density at radius 1 is 0.333 bits per heavy atom. The Morgan fingerprint density at radius 2 is 0.603 bits per heavy atom. The van der Waals surface area contributed by atoms with Gasteiger partial charge in [0, 0.05) is 19.3 Å². The van der Waals surface area contributed by atoms with Crippen LogP contribution in [0.3, 0.4) is 0 Å². The standard InChI is InChI=1S/C57H110O6/c1-6-8-9-10-11-12-21-27-32-37-42-47-55(58)61-50-54(63-57(60)49-44-39-34-29-24-25-30-35-40-45-52(3)4)51-62-56(59)48-43-38-33-28-23-20-18-16-14-13-15-17-19-22-26-31-36-41-46-53(5)7-2/h52-54H,6-51H2,1-5H3/t53?,54-/m1/s1. The van der Waals surface area contributed by atoms with Crippen LogP contribution in [0.4, 0.5) is 0 Å². The third kappa shape index (κ3) is 49.7. The van der Waals surface area contributed by atoms with Crippen molar-refractivity contribution in [2.24, 2.45) is 11.8 Å². The van der Waals surface area contributed by atoms with Crippen LogP contribution in [-0.4, -0.2) is 37.2 Å². The highest BCUT2D eigenvalue weighted by molar-refractivity contribution is 5.71. The van der Waals surface area contributed by atoms with Crippen molar-refractivity contribution in [1.82, 2.24) is 0 Å². The molecule has 0 rings (SSSR count). The van der Waals surface area contributed by atoms with Crippen LogP contribution in [0.5, 0.6) is 0 Å². The topological polar surface area (TPSA) is 78.9 Å². The Bertz CT molecular complexity index is 964. The van der Waals surface area contributed by atoms with Crippen molar-refractivity contribution in [2.75, 3.05) is 13.2 Å². The number of rotatable bonds is 51. The fraction of sp³-hybridized carbons (Fsp3) is 0.947. The highest BCUT2D eigenvalue weighted by Crippen LogP contribution is 2.18. The number of carbonyl (C=O) groups excluding carboxylic acids is 3. The Hall–Kier alpha value is -1.59. The van der Waals surface area contributed by atoms with Gasteiger partial charge in [0.25, 0.3) is 0 Å². The van der Waals surface area contributed by atoms with E-state index < -0.39 is 6.10 Å². The molecule has 0 saturated heterocycles. The van der Waals surface area contributed by atoms with Gasteiger partial charge in [0.2, 0.25) is 0 Å². The summed E-state index contributed by atoms with van der Waals surface area (Å²) in [6, 6.07) is 0. The molecule has 0 radical (unpaired) electrons. The Labute approximate surface area is 393 Å². The zero-order valence-corrected chi connectivity index (χ0v) is 43.2. The van der Waals surface area contributed by atoms with Gasteiger partial charge in [-0.05, 0) is 31.1 Å². The SMILES string of the molecule is CCCCCCCCCCCCCC(=O)OC[C@H](COC(=O)CCCCCCCCCCCCCCCCCCCCC(C)CC)OC(=O)CCCCCCCCCCCC(C)C. The summed E-state index contributed by atoms with van der Waals surface area (Å²) >= 11 is 0. The number of hydrogen-bond acceptors (Lipinski definition) is 6. The van der Waals surface area contributed by atoms with Crippen molar-refractivity contribution in [3.05, 3.63) is 0 Å². The number of esters is 3. The molecule has 6 nitrogen and oxygen atoms in total. The highest BCUT2D eigenvalue weighted by atomic mass is 16.6. The van der Waals surface area contributed by atoms with Crippen molar-refractivity contribution in [2.45, 2.75) is 323 Å². The van der Waals surface area contributed by atoms with E-state index in [9.17, 15) is 14.4 Å². The summed E-state index contributed by atoms with van der Waals surface area (Å²) in [7, 11) is 0. The number of ether oxygens (including phenoxy) is 3. The summed E-state index contributed by atoms with van der Waals surface area (Å²) in [6.45, 7) is 11.4. The van der Waals surface area contributed by atoms with Gasteiger partial charge in [-0.3, -0.25) is 14.4 Å². The van der Waals surface area contributed by atoms with E-state index >= 15 is 0 Å². The number of carbonyl (C=O) groups is 3. The molecular weight excluding hydrogens is 781 g/mol. The van der Waals surface area contributed by atoms with Crippen molar-refractivity contribution >= 4 is 17.9 Å². The summed E-state index contributed by atoms with van der Waals surface area (Å²) in [4.78, 5) is 38.0. The zero-order chi connectivity index (χ0) is 46.1. The first-order valence-corrected chi connectivity index (χ1v) is 28.3. The van der Waals surface area contributed by atoms with Crippen LogP contribution in [0.25, 0.3) is 0 Å². The maximum absolute atomic E-state index is 12.8.